The van der Waals surface area contributed by atoms with Crippen LogP contribution in [0.25, 0.3) is 5.76 Å². The highest BCUT2D eigenvalue weighted by molar-refractivity contribution is 6.46. The third-order valence-electron chi connectivity index (χ3n) is 6.82. The van der Waals surface area contributed by atoms with E-state index in [0.29, 0.717) is 54.7 Å². The largest absolute Gasteiger partial charge is 0.507 e. The number of Topliss-reactive ketones (excluding diaryl/α,β-unsaturated/α-hetero) is 1. The minimum absolute atomic E-state index is 0.0546. The quantitative estimate of drug-likeness (QED) is 0.273. The summed E-state index contributed by atoms with van der Waals surface area (Å²) in [4.78, 5) is 30.4. The van der Waals surface area contributed by atoms with E-state index in [4.69, 9.17) is 14.2 Å². The van der Waals surface area contributed by atoms with Gasteiger partial charge in [0.2, 0.25) is 0 Å². The smallest absolute Gasteiger partial charge is 0.295 e. The number of morpholine rings is 1. The van der Waals surface area contributed by atoms with Gasteiger partial charge in [0.1, 0.15) is 23.0 Å². The SMILES string of the molecule is COc1ccc(/C(O)=C2\C(=O)C(=O)N(CCN3CCOCC3)[C@H]2c2cccc(Oc3ccccc3)c2)cc1. The van der Waals surface area contributed by atoms with Crippen molar-refractivity contribution in [3.05, 3.63) is 95.6 Å². The average molecular weight is 515 g/mol. The summed E-state index contributed by atoms with van der Waals surface area (Å²) in [6, 6.07) is 22.6. The number of aliphatic hydroxyl groups is 1. The maximum Gasteiger partial charge on any atom is 0.295 e. The topological polar surface area (TPSA) is 88.5 Å². The van der Waals surface area contributed by atoms with Crippen LogP contribution in [-0.2, 0) is 14.3 Å². The molecule has 0 aromatic heterocycles. The average Bonchev–Trinajstić information content (AvgIpc) is 3.22. The van der Waals surface area contributed by atoms with Crippen molar-refractivity contribution in [3.8, 4) is 17.2 Å². The van der Waals surface area contributed by atoms with Crippen LogP contribution in [0.2, 0.25) is 0 Å². The maximum atomic E-state index is 13.4. The summed E-state index contributed by atoms with van der Waals surface area (Å²) in [5, 5.41) is 11.3. The predicted octanol–water partition coefficient (Wildman–Crippen LogP) is 4.24. The third-order valence-corrected chi connectivity index (χ3v) is 6.82. The van der Waals surface area contributed by atoms with Crippen LogP contribution in [0.15, 0.2) is 84.4 Å². The number of carbonyl (C=O) groups excluding carboxylic acids is 2. The summed E-state index contributed by atoms with van der Waals surface area (Å²) in [7, 11) is 1.55. The number of likely N-dealkylation sites (tertiary alicyclic amines) is 1. The number of benzene rings is 3. The predicted molar refractivity (Wildman–Crippen MR) is 142 cm³/mol. The zero-order valence-electron chi connectivity index (χ0n) is 21.2. The van der Waals surface area contributed by atoms with E-state index in [9.17, 15) is 14.7 Å². The standard InChI is InChI=1S/C30H30N2O6/c1-36-23-12-10-21(11-13-23)28(33)26-27(22-6-5-9-25(20-22)38-24-7-3-2-4-8-24)32(30(35)29(26)34)15-14-31-16-18-37-19-17-31/h2-13,20,27,33H,14-19H2,1H3/b28-26+/t27-/m0/s1. The lowest BCUT2D eigenvalue weighted by Gasteiger charge is -2.31. The Hall–Kier alpha value is -4.14. The van der Waals surface area contributed by atoms with Crippen molar-refractivity contribution in [3.63, 3.8) is 0 Å². The minimum Gasteiger partial charge on any atom is -0.507 e. The van der Waals surface area contributed by atoms with Gasteiger partial charge in [-0.05, 0) is 54.1 Å². The highest BCUT2D eigenvalue weighted by Crippen LogP contribution is 2.40. The third kappa shape index (κ3) is 5.41. The molecule has 2 aliphatic rings. The van der Waals surface area contributed by atoms with Crippen LogP contribution < -0.4 is 9.47 Å². The van der Waals surface area contributed by atoms with Crippen LogP contribution >= 0.6 is 0 Å². The molecule has 0 bridgehead atoms. The molecule has 196 valence electrons. The lowest BCUT2D eigenvalue weighted by Crippen LogP contribution is -2.42. The molecule has 3 aromatic rings. The summed E-state index contributed by atoms with van der Waals surface area (Å²) < 4.78 is 16.7. The molecule has 0 radical (unpaired) electrons. The Morgan fingerprint density at radius 2 is 1.61 bits per heavy atom. The number of rotatable bonds is 8. The summed E-state index contributed by atoms with van der Waals surface area (Å²) in [6.07, 6.45) is 0. The molecule has 0 aliphatic carbocycles. The second-order valence-corrected chi connectivity index (χ2v) is 9.16. The van der Waals surface area contributed by atoms with Crippen molar-refractivity contribution in [2.45, 2.75) is 6.04 Å². The first kappa shape index (κ1) is 25.5. The highest BCUT2D eigenvalue weighted by atomic mass is 16.5. The van der Waals surface area contributed by atoms with Gasteiger partial charge in [-0.25, -0.2) is 0 Å². The molecular formula is C30H30N2O6. The van der Waals surface area contributed by atoms with Gasteiger partial charge in [-0.3, -0.25) is 14.5 Å². The Morgan fingerprint density at radius 1 is 0.895 bits per heavy atom. The number of aliphatic hydroxyl groups excluding tert-OH is 1. The summed E-state index contributed by atoms with van der Waals surface area (Å²) in [5.41, 5.74) is 1.16. The number of methoxy groups -OCH3 is 1. The van der Waals surface area contributed by atoms with Gasteiger partial charge in [0.15, 0.2) is 0 Å². The van der Waals surface area contributed by atoms with Crippen LogP contribution in [0, 0.1) is 0 Å². The number of nitrogens with zero attached hydrogens (tertiary/aromatic N) is 2. The van der Waals surface area contributed by atoms with Crippen molar-refractivity contribution in [2.75, 3.05) is 46.5 Å². The normalized spacial score (nSPS) is 19.5. The molecule has 1 N–H and O–H groups in total. The zero-order chi connectivity index (χ0) is 26.5. The van der Waals surface area contributed by atoms with Gasteiger partial charge < -0.3 is 24.2 Å². The van der Waals surface area contributed by atoms with Crippen molar-refractivity contribution >= 4 is 17.4 Å². The molecule has 0 saturated carbocycles. The van der Waals surface area contributed by atoms with Gasteiger partial charge in [0, 0.05) is 31.7 Å². The van der Waals surface area contributed by atoms with E-state index >= 15 is 0 Å². The molecule has 8 heteroatoms. The van der Waals surface area contributed by atoms with E-state index in [2.05, 4.69) is 4.90 Å². The fourth-order valence-corrected chi connectivity index (χ4v) is 4.81. The number of amides is 1. The van der Waals surface area contributed by atoms with E-state index in [1.54, 1.807) is 36.3 Å². The number of hydrogen-bond acceptors (Lipinski definition) is 7. The lowest BCUT2D eigenvalue weighted by molar-refractivity contribution is -0.140. The number of ether oxygens (including phenoxy) is 3. The molecule has 2 heterocycles. The van der Waals surface area contributed by atoms with Gasteiger partial charge in [-0.1, -0.05) is 30.3 Å². The molecule has 0 unspecified atom stereocenters. The summed E-state index contributed by atoms with van der Waals surface area (Å²) in [5.74, 6) is 0.294. The monoisotopic (exact) mass is 514 g/mol. The van der Waals surface area contributed by atoms with Crippen molar-refractivity contribution < 1.29 is 28.9 Å². The number of hydrogen-bond donors (Lipinski definition) is 1. The first-order chi connectivity index (χ1) is 18.5. The van der Waals surface area contributed by atoms with E-state index in [-0.39, 0.29) is 11.3 Å². The number of ketones is 1. The molecule has 5 rings (SSSR count). The number of carbonyl (C=O) groups is 2. The van der Waals surface area contributed by atoms with Gasteiger partial charge in [-0.15, -0.1) is 0 Å². The van der Waals surface area contributed by atoms with E-state index < -0.39 is 17.7 Å². The molecule has 1 atom stereocenters. The highest BCUT2D eigenvalue weighted by Gasteiger charge is 2.46. The first-order valence-electron chi connectivity index (χ1n) is 12.6. The van der Waals surface area contributed by atoms with Gasteiger partial charge in [0.25, 0.3) is 11.7 Å². The molecular weight excluding hydrogens is 484 g/mol. The second kappa shape index (κ2) is 11.5. The zero-order valence-corrected chi connectivity index (χ0v) is 21.2. The van der Waals surface area contributed by atoms with Crippen LogP contribution in [-0.4, -0.2) is 73.1 Å². The van der Waals surface area contributed by atoms with Gasteiger partial charge in [0.05, 0.1) is 31.9 Å². The molecule has 0 spiro atoms. The molecule has 2 saturated heterocycles. The Kier molecular flexibility index (Phi) is 7.72. The van der Waals surface area contributed by atoms with Crippen molar-refractivity contribution in [1.29, 1.82) is 0 Å². The van der Waals surface area contributed by atoms with Crippen LogP contribution in [0.4, 0.5) is 0 Å². The summed E-state index contributed by atoms with van der Waals surface area (Å²) in [6.45, 7) is 3.73. The van der Waals surface area contributed by atoms with Crippen LogP contribution in [0.3, 0.4) is 0 Å². The summed E-state index contributed by atoms with van der Waals surface area (Å²) >= 11 is 0. The molecule has 38 heavy (non-hydrogen) atoms. The number of para-hydroxylation sites is 1. The lowest BCUT2D eigenvalue weighted by atomic mass is 9.95. The molecule has 2 aliphatic heterocycles. The molecule has 8 nitrogen and oxygen atoms in total. The van der Waals surface area contributed by atoms with E-state index in [1.165, 1.54) is 0 Å². The van der Waals surface area contributed by atoms with E-state index in [0.717, 1.165) is 13.1 Å². The Bertz CT molecular complexity index is 1320. The van der Waals surface area contributed by atoms with Gasteiger partial charge in [-0.2, -0.15) is 0 Å². The Morgan fingerprint density at radius 3 is 2.32 bits per heavy atom. The van der Waals surface area contributed by atoms with Crippen molar-refractivity contribution in [2.24, 2.45) is 0 Å². The van der Waals surface area contributed by atoms with Crippen LogP contribution in [0.1, 0.15) is 17.2 Å². The molecule has 2 fully saturated rings. The van der Waals surface area contributed by atoms with E-state index in [1.807, 2.05) is 54.6 Å². The molecule has 3 aromatic carbocycles. The second-order valence-electron chi connectivity index (χ2n) is 9.16. The molecule has 1 amide bonds. The fourth-order valence-electron chi connectivity index (χ4n) is 4.81. The van der Waals surface area contributed by atoms with Crippen molar-refractivity contribution in [1.82, 2.24) is 9.80 Å². The maximum absolute atomic E-state index is 13.4. The fraction of sp³-hybridized carbons (Fsp3) is 0.267. The Labute approximate surface area is 221 Å². The van der Waals surface area contributed by atoms with Gasteiger partial charge >= 0.3 is 0 Å². The minimum atomic E-state index is -0.766. The van der Waals surface area contributed by atoms with Crippen LogP contribution in [0.5, 0.6) is 17.2 Å². The first-order valence-corrected chi connectivity index (χ1v) is 12.6. The Balaban J connectivity index is 1.53.